The van der Waals surface area contributed by atoms with Gasteiger partial charge in [-0.2, -0.15) is 0 Å². The summed E-state index contributed by atoms with van der Waals surface area (Å²) in [6, 6.07) is 13.9. The molecule has 1 aliphatic heterocycles. The third-order valence-corrected chi connectivity index (χ3v) is 5.89. The van der Waals surface area contributed by atoms with E-state index in [0.29, 0.717) is 32.7 Å². The normalized spacial score (nSPS) is 12.8. The zero-order chi connectivity index (χ0) is 17.8. The Morgan fingerprint density at radius 3 is 2.19 bits per heavy atom. The standard InChI is InChI=1S/C20H19NO3S2/c22-20(12-15-5-6-18-19(11-15)24-8-7-23-18)21(13-16-3-1-9-25-16)14-17-4-2-10-26-17/h1-6,9-11H,7-8,12-14H2. The second kappa shape index (κ2) is 7.93. The molecule has 0 bridgehead atoms. The molecule has 0 N–H and O–H groups in total. The number of nitrogens with zero attached hydrogens (tertiary/aromatic N) is 1. The van der Waals surface area contributed by atoms with Gasteiger partial charge in [-0.15, -0.1) is 22.7 Å². The lowest BCUT2D eigenvalue weighted by Crippen LogP contribution is -2.31. The number of amides is 1. The van der Waals surface area contributed by atoms with Crippen LogP contribution in [0.2, 0.25) is 0 Å². The SMILES string of the molecule is O=C(Cc1ccc2c(c1)OCCO2)N(Cc1cccs1)Cc1cccs1. The summed E-state index contributed by atoms with van der Waals surface area (Å²) in [6.45, 7) is 2.39. The smallest absolute Gasteiger partial charge is 0.227 e. The highest BCUT2D eigenvalue weighted by atomic mass is 32.1. The third-order valence-electron chi connectivity index (χ3n) is 4.17. The molecular formula is C20H19NO3S2. The molecule has 0 unspecified atom stereocenters. The first-order valence-electron chi connectivity index (χ1n) is 8.49. The van der Waals surface area contributed by atoms with Crippen molar-refractivity contribution < 1.29 is 14.3 Å². The quantitative estimate of drug-likeness (QED) is 0.633. The summed E-state index contributed by atoms with van der Waals surface area (Å²) >= 11 is 3.36. The van der Waals surface area contributed by atoms with Crippen molar-refractivity contribution in [1.29, 1.82) is 0 Å². The molecule has 1 aromatic carbocycles. The maximum absolute atomic E-state index is 13.0. The number of hydrogen-bond donors (Lipinski definition) is 0. The predicted molar refractivity (Wildman–Crippen MR) is 104 cm³/mol. The highest BCUT2D eigenvalue weighted by Gasteiger charge is 2.18. The molecule has 0 aliphatic carbocycles. The van der Waals surface area contributed by atoms with Crippen LogP contribution in [-0.4, -0.2) is 24.0 Å². The van der Waals surface area contributed by atoms with Gasteiger partial charge in [0.2, 0.25) is 5.91 Å². The van der Waals surface area contributed by atoms with Crippen LogP contribution in [0, 0.1) is 0 Å². The van der Waals surface area contributed by atoms with E-state index in [-0.39, 0.29) is 5.91 Å². The summed E-state index contributed by atoms with van der Waals surface area (Å²) in [4.78, 5) is 17.3. The van der Waals surface area contributed by atoms with Crippen molar-refractivity contribution in [2.75, 3.05) is 13.2 Å². The van der Waals surface area contributed by atoms with E-state index in [4.69, 9.17) is 9.47 Å². The van der Waals surface area contributed by atoms with Crippen molar-refractivity contribution in [3.05, 3.63) is 68.5 Å². The first-order valence-corrected chi connectivity index (χ1v) is 10.2. The summed E-state index contributed by atoms with van der Waals surface area (Å²) in [6.07, 6.45) is 0.355. The van der Waals surface area contributed by atoms with Crippen LogP contribution in [0.5, 0.6) is 11.5 Å². The Morgan fingerprint density at radius 1 is 0.923 bits per heavy atom. The van der Waals surface area contributed by atoms with Crippen molar-refractivity contribution in [2.45, 2.75) is 19.5 Å². The van der Waals surface area contributed by atoms with Crippen LogP contribution in [0.15, 0.2) is 53.2 Å². The molecule has 4 nitrogen and oxygen atoms in total. The van der Waals surface area contributed by atoms with Crippen LogP contribution in [-0.2, 0) is 24.3 Å². The van der Waals surface area contributed by atoms with E-state index in [0.717, 1.165) is 17.1 Å². The molecule has 3 aromatic rings. The molecule has 1 amide bonds. The number of thiophene rings is 2. The van der Waals surface area contributed by atoms with Gasteiger partial charge in [-0.3, -0.25) is 4.79 Å². The van der Waals surface area contributed by atoms with Crippen LogP contribution in [0.25, 0.3) is 0 Å². The van der Waals surface area contributed by atoms with E-state index in [1.54, 1.807) is 22.7 Å². The minimum Gasteiger partial charge on any atom is -0.486 e. The van der Waals surface area contributed by atoms with Crippen molar-refractivity contribution in [2.24, 2.45) is 0 Å². The maximum atomic E-state index is 13.0. The lowest BCUT2D eigenvalue weighted by Gasteiger charge is -2.23. The number of carbonyl (C=O) groups is 1. The highest BCUT2D eigenvalue weighted by molar-refractivity contribution is 7.10. The lowest BCUT2D eigenvalue weighted by atomic mass is 10.1. The van der Waals surface area contributed by atoms with Gasteiger partial charge in [0.05, 0.1) is 19.5 Å². The molecule has 2 aromatic heterocycles. The van der Waals surface area contributed by atoms with Crippen molar-refractivity contribution in [3.63, 3.8) is 0 Å². The minimum absolute atomic E-state index is 0.114. The number of hydrogen-bond acceptors (Lipinski definition) is 5. The second-order valence-corrected chi connectivity index (χ2v) is 8.13. The first-order chi connectivity index (χ1) is 12.8. The zero-order valence-electron chi connectivity index (χ0n) is 14.2. The highest BCUT2D eigenvalue weighted by Crippen LogP contribution is 2.31. The van der Waals surface area contributed by atoms with Gasteiger partial charge in [-0.1, -0.05) is 18.2 Å². The van der Waals surface area contributed by atoms with Crippen molar-refractivity contribution >= 4 is 28.6 Å². The Morgan fingerprint density at radius 2 is 1.58 bits per heavy atom. The van der Waals surface area contributed by atoms with Gasteiger partial charge in [-0.25, -0.2) is 0 Å². The Kier molecular flexibility index (Phi) is 5.22. The Hall–Kier alpha value is -2.31. The van der Waals surface area contributed by atoms with Crippen molar-refractivity contribution in [3.8, 4) is 11.5 Å². The Balaban J connectivity index is 1.50. The van der Waals surface area contributed by atoms with Gasteiger partial charge in [0.1, 0.15) is 13.2 Å². The van der Waals surface area contributed by atoms with Gasteiger partial charge in [0, 0.05) is 9.75 Å². The average molecular weight is 386 g/mol. The van der Waals surface area contributed by atoms with Gasteiger partial charge < -0.3 is 14.4 Å². The van der Waals surface area contributed by atoms with Crippen LogP contribution in [0.1, 0.15) is 15.3 Å². The molecule has 0 fully saturated rings. The van der Waals surface area contributed by atoms with Crippen LogP contribution in [0.4, 0.5) is 0 Å². The lowest BCUT2D eigenvalue weighted by molar-refractivity contribution is -0.131. The van der Waals surface area contributed by atoms with E-state index in [9.17, 15) is 4.79 Å². The number of rotatable bonds is 6. The number of fused-ring (bicyclic) bond motifs is 1. The van der Waals surface area contributed by atoms with Gasteiger partial charge in [-0.05, 0) is 40.6 Å². The molecule has 0 spiro atoms. The van der Waals surface area contributed by atoms with Gasteiger partial charge >= 0.3 is 0 Å². The van der Waals surface area contributed by atoms with Gasteiger partial charge in [0.15, 0.2) is 11.5 Å². The maximum Gasteiger partial charge on any atom is 0.227 e. The predicted octanol–water partition coefficient (Wildman–Crippen LogP) is 4.35. The van der Waals surface area contributed by atoms with E-state index in [2.05, 4.69) is 12.1 Å². The van der Waals surface area contributed by atoms with Crippen LogP contribution >= 0.6 is 22.7 Å². The Bertz CT molecular complexity index is 823. The summed E-state index contributed by atoms with van der Waals surface area (Å²) in [5.74, 6) is 1.59. The fourth-order valence-corrected chi connectivity index (χ4v) is 4.34. The average Bonchev–Trinajstić information content (AvgIpc) is 3.35. The molecule has 0 saturated heterocycles. The summed E-state index contributed by atoms with van der Waals surface area (Å²) < 4.78 is 11.2. The van der Waals surface area contributed by atoms with E-state index >= 15 is 0 Å². The summed E-state index contributed by atoms with van der Waals surface area (Å²) in [5.41, 5.74) is 0.946. The molecule has 0 radical (unpaired) electrons. The third kappa shape index (κ3) is 4.08. The number of benzene rings is 1. The fourth-order valence-electron chi connectivity index (χ4n) is 2.90. The molecule has 1 aliphatic rings. The molecule has 134 valence electrons. The van der Waals surface area contributed by atoms with E-state index in [1.165, 1.54) is 9.75 Å². The van der Waals surface area contributed by atoms with Crippen LogP contribution < -0.4 is 9.47 Å². The summed E-state index contributed by atoms with van der Waals surface area (Å²) in [5, 5.41) is 4.09. The minimum atomic E-state index is 0.114. The molecular weight excluding hydrogens is 366 g/mol. The zero-order valence-corrected chi connectivity index (χ0v) is 15.9. The molecule has 3 heterocycles. The van der Waals surface area contributed by atoms with Gasteiger partial charge in [0.25, 0.3) is 0 Å². The number of carbonyl (C=O) groups excluding carboxylic acids is 1. The second-order valence-electron chi connectivity index (χ2n) is 6.06. The molecule has 26 heavy (non-hydrogen) atoms. The van der Waals surface area contributed by atoms with E-state index < -0.39 is 0 Å². The molecule has 0 saturated carbocycles. The first kappa shape index (κ1) is 17.1. The van der Waals surface area contributed by atoms with E-state index in [1.807, 2.05) is 46.0 Å². The number of ether oxygens (including phenoxy) is 2. The largest absolute Gasteiger partial charge is 0.486 e. The fraction of sp³-hybridized carbons (Fsp3) is 0.250. The molecule has 0 atom stereocenters. The topological polar surface area (TPSA) is 38.8 Å². The van der Waals surface area contributed by atoms with Crippen molar-refractivity contribution in [1.82, 2.24) is 4.90 Å². The monoisotopic (exact) mass is 385 g/mol. The summed E-state index contributed by atoms with van der Waals surface area (Å²) in [7, 11) is 0. The molecule has 4 rings (SSSR count). The molecule has 6 heteroatoms. The van der Waals surface area contributed by atoms with Crippen LogP contribution in [0.3, 0.4) is 0 Å². The Labute approximate surface area is 160 Å².